The molecule has 0 spiro atoms. The van der Waals surface area contributed by atoms with E-state index in [9.17, 15) is 31.5 Å². The van der Waals surface area contributed by atoms with Crippen LogP contribution < -0.4 is 10.6 Å². The van der Waals surface area contributed by atoms with E-state index >= 15 is 0 Å². The van der Waals surface area contributed by atoms with Crippen molar-refractivity contribution in [1.82, 2.24) is 0 Å². The van der Waals surface area contributed by atoms with Crippen LogP contribution in [-0.2, 0) is 11.0 Å². The van der Waals surface area contributed by atoms with E-state index in [0.717, 1.165) is 31.2 Å². The summed E-state index contributed by atoms with van der Waals surface area (Å²) in [7, 11) is 0. The molecule has 0 aliphatic heterocycles. The molecule has 0 aliphatic rings. The van der Waals surface area contributed by atoms with Gasteiger partial charge >= 0.3 is 6.18 Å². The van der Waals surface area contributed by atoms with Crippen LogP contribution in [-0.4, -0.2) is 11.8 Å². The predicted molar refractivity (Wildman–Crippen MR) is 80.1 cm³/mol. The number of rotatable bonds is 3. The van der Waals surface area contributed by atoms with Gasteiger partial charge in [-0.1, -0.05) is 0 Å². The molecule has 0 atom stereocenters. The summed E-state index contributed by atoms with van der Waals surface area (Å²) < 4.78 is 65.9. The molecule has 2 rings (SSSR count). The number of hydrogen-bond acceptors (Lipinski definition) is 2. The summed E-state index contributed by atoms with van der Waals surface area (Å²) in [6.45, 7) is 1.13. The molecule has 0 saturated heterocycles. The van der Waals surface area contributed by atoms with Gasteiger partial charge < -0.3 is 10.6 Å². The van der Waals surface area contributed by atoms with Crippen molar-refractivity contribution in [3.63, 3.8) is 0 Å². The van der Waals surface area contributed by atoms with Crippen LogP contribution in [0.5, 0.6) is 0 Å². The van der Waals surface area contributed by atoms with Gasteiger partial charge in [0.1, 0.15) is 11.6 Å². The van der Waals surface area contributed by atoms with E-state index in [-0.39, 0.29) is 5.69 Å². The topological polar surface area (TPSA) is 58.2 Å². The molecule has 9 heteroatoms. The minimum absolute atomic E-state index is 0.120. The SMILES string of the molecule is CC(=O)Nc1ccc(NC(=O)c2ccc(F)cc2F)c(C(F)(F)F)c1. The summed E-state index contributed by atoms with van der Waals surface area (Å²) in [4.78, 5) is 22.9. The molecule has 0 heterocycles. The van der Waals surface area contributed by atoms with E-state index in [0.29, 0.717) is 12.1 Å². The van der Waals surface area contributed by atoms with Gasteiger partial charge in [-0.2, -0.15) is 13.2 Å². The number of carbonyl (C=O) groups is 2. The molecule has 0 aromatic heterocycles. The van der Waals surface area contributed by atoms with Crippen molar-refractivity contribution >= 4 is 23.2 Å². The van der Waals surface area contributed by atoms with Crippen molar-refractivity contribution in [2.45, 2.75) is 13.1 Å². The first-order valence-corrected chi connectivity index (χ1v) is 6.83. The summed E-state index contributed by atoms with van der Waals surface area (Å²) in [6.07, 6.45) is -4.83. The number of alkyl halides is 3. The zero-order valence-electron chi connectivity index (χ0n) is 12.7. The Morgan fingerprint density at radius 3 is 2.20 bits per heavy atom. The van der Waals surface area contributed by atoms with Gasteiger partial charge in [0.25, 0.3) is 5.91 Å². The van der Waals surface area contributed by atoms with E-state index in [1.165, 1.54) is 0 Å². The van der Waals surface area contributed by atoms with E-state index < -0.39 is 46.4 Å². The largest absolute Gasteiger partial charge is 0.418 e. The minimum Gasteiger partial charge on any atom is -0.326 e. The highest BCUT2D eigenvalue weighted by molar-refractivity contribution is 6.05. The summed E-state index contributed by atoms with van der Waals surface area (Å²) in [6, 6.07) is 4.78. The van der Waals surface area contributed by atoms with Crippen LogP contribution in [0.2, 0.25) is 0 Å². The quantitative estimate of drug-likeness (QED) is 0.808. The lowest BCUT2D eigenvalue weighted by Crippen LogP contribution is -2.18. The second kappa shape index (κ2) is 6.88. The van der Waals surface area contributed by atoms with Gasteiger partial charge in [-0.05, 0) is 30.3 Å². The smallest absolute Gasteiger partial charge is 0.326 e. The predicted octanol–water partition coefficient (Wildman–Crippen LogP) is 4.19. The third-order valence-electron chi connectivity index (χ3n) is 3.07. The first-order valence-electron chi connectivity index (χ1n) is 6.83. The summed E-state index contributed by atoms with van der Waals surface area (Å²) in [5.41, 5.74) is -2.59. The summed E-state index contributed by atoms with van der Waals surface area (Å²) in [5.74, 6) is -3.88. The normalized spacial score (nSPS) is 11.1. The van der Waals surface area contributed by atoms with Crippen molar-refractivity contribution in [1.29, 1.82) is 0 Å². The van der Waals surface area contributed by atoms with Crippen LogP contribution >= 0.6 is 0 Å². The number of anilines is 2. The molecule has 0 unspecified atom stereocenters. The van der Waals surface area contributed by atoms with Crippen LogP contribution in [0.15, 0.2) is 36.4 Å². The van der Waals surface area contributed by atoms with Crippen LogP contribution in [0, 0.1) is 11.6 Å². The maximum Gasteiger partial charge on any atom is 0.418 e. The molecule has 25 heavy (non-hydrogen) atoms. The molecule has 2 N–H and O–H groups in total. The van der Waals surface area contributed by atoms with E-state index in [4.69, 9.17) is 0 Å². The number of amides is 2. The van der Waals surface area contributed by atoms with Crippen molar-refractivity contribution in [2.24, 2.45) is 0 Å². The Balaban J connectivity index is 2.37. The summed E-state index contributed by atoms with van der Waals surface area (Å²) >= 11 is 0. The van der Waals surface area contributed by atoms with Crippen LogP contribution in [0.4, 0.5) is 33.3 Å². The van der Waals surface area contributed by atoms with Gasteiger partial charge in [-0.25, -0.2) is 8.78 Å². The fraction of sp³-hybridized carbons (Fsp3) is 0.125. The fourth-order valence-electron chi connectivity index (χ4n) is 2.03. The van der Waals surface area contributed by atoms with Gasteiger partial charge in [0.2, 0.25) is 5.91 Å². The number of nitrogens with one attached hydrogen (secondary N) is 2. The van der Waals surface area contributed by atoms with Crippen LogP contribution in [0.25, 0.3) is 0 Å². The van der Waals surface area contributed by atoms with Crippen LogP contribution in [0.3, 0.4) is 0 Å². The minimum atomic E-state index is -4.83. The standard InChI is InChI=1S/C16H11F5N2O2/c1-8(24)22-10-3-5-14(12(7-10)16(19,20)21)23-15(25)11-4-2-9(17)6-13(11)18/h2-7H,1H3,(H,22,24)(H,23,25). The molecule has 0 bridgehead atoms. The highest BCUT2D eigenvalue weighted by atomic mass is 19.4. The molecule has 0 saturated carbocycles. The second-order valence-corrected chi connectivity index (χ2v) is 5.02. The number of benzene rings is 2. The molecule has 4 nitrogen and oxygen atoms in total. The van der Waals surface area contributed by atoms with Gasteiger partial charge in [-0.3, -0.25) is 9.59 Å². The van der Waals surface area contributed by atoms with Gasteiger partial charge in [0, 0.05) is 18.7 Å². The highest BCUT2D eigenvalue weighted by Crippen LogP contribution is 2.36. The Morgan fingerprint density at radius 1 is 0.960 bits per heavy atom. The van der Waals surface area contributed by atoms with Gasteiger partial charge in [0.15, 0.2) is 0 Å². The molecule has 0 fully saturated rings. The lowest BCUT2D eigenvalue weighted by Gasteiger charge is -2.15. The number of halogens is 5. The maximum atomic E-state index is 13.6. The third-order valence-corrected chi connectivity index (χ3v) is 3.07. The molecular weight excluding hydrogens is 347 g/mol. The average Bonchev–Trinajstić information content (AvgIpc) is 2.47. The van der Waals surface area contributed by atoms with E-state index in [1.54, 1.807) is 0 Å². The summed E-state index contributed by atoms with van der Waals surface area (Å²) in [5, 5.41) is 4.13. The Labute approximate surface area is 138 Å². The van der Waals surface area contributed by atoms with Crippen molar-refractivity contribution in [3.8, 4) is 0 Å². The average molecular weight is 358 g/mol. The van der Waals surface area contributed by atoms with Crippen LogP contribution in [0.1, 0.15) is 22.8 Å². The molecule has 2 aromatic carbocycles. The molecular formula is C16H11F5N2O2. The Hall–Kier alpha value is -2.97. The fourth-order valence-corrected chi connectivity index (χ4v) is 2.03. The van der Waals surface area contributed by atoms with Gasteiger partial charge in [0.05, 0.1) is 16.8 Å². The monoisotopic (exact) mass is 358 g/mol. The van der Waals surface area contributed by atoms with Gasteiger partial charge in [-0.15, -0.1) is 0 Å². The maximum absolute atomic E-state index is 13.6. The first-order chi connectivity index (χ1) is 11.6. The Kier molecular flexibility index (Phi) is 5.05. The van der Waals surface area contributed by atoms with Crippen molar-refractivity contribution in [3.05, 3.63) is 59.2 Å². The lowest BCUT2D eigenvalue weighted by molar-refractivity contribution is -0.137. The van der Waals surface area contributed by atoms with E-state index in [2.05, 4.69) is 5.32 Å². The second-order valence-electron chi connectivity index (χ2n) is 5.02. The molecule has 2 amide bonds. The zero-order valence-corrected chi connectivity index (χ0v) is 12.7. The van der Waals surface area contributed by atoms with Crippen molar-refractivity contribution in [2.75, 3.05) is 10.6 Å². The Morgan fingerprint density at radius 2 is 1.64 bits per heavy atom. The van der Waals surface area contributed by atoms with E-state index in [1.807, 2.05) is 5.32 Å². The molecule has 132 valence electrons. The molecule has 2 aromatic rings. The molecule has 0 radical (unpaired) electrons. The Bertz CT molecular complexity index is 834. The highest BCUT2D eigenvalue weighted by Gasteiger charge is 2.34. The number of hydrogen-bond donors (Lipinski definition) is 2. The lowest BCUT2D eigenvalue weighted by atomic mass is 10.1. The third kappa shape index (κ3) is 4.52. The molecule has 0 aliphatic carbocycles. The number of carbonyl (C=O) groups excluding carboxylic acids is 2. The first kappa shape index (κ1) is 18.4. The zero-order chi connectivity index (χ0) is 18.8. The van der Waals surface area contributed by atoms with Crippen molar-refractivity contribution < 1.29 is 31.5 Å².